The Bertz CT molecular complexity index is 1210. The zero-order valence-corrected chi connectivity index (χ0v) is 17.5. The highest BCUT2D eigenvalue weighted by atomic mass is 32.2. The number of fused-ring (bicyclic) bond motifs is 1. The van der Waals surface area contributed by atoms with Crippen LogP contribution in [0.25, 0.3) is 20.7 Å². The molecule has 0 fully saturated rings. The van der Waals surface area contributed by atoms with Gasteiger partial charge >= 0.3 is 0 Å². The van der Waals surface area contributed by atoms with E-state index < -0.39 is 10.0 Å². The summed E-state index contributed by atoms with van der Waals surface area (Å²) in [6.45, 7) is 2.46. The summed E-state index contributed by atoms with van der Waals surface area (Å²) in [5.74, 6) is 1.37. The van der Waals surface area contributed by atoms with Crippen molar-refractivity contribution < 1.29 is 8.42 Å². The Morgan fingerprint density at radius 2 is 1.82 bits per heavy atom. The molecule has 0 saturated heterocycles. The third-order valence-corrected chi connectivity index (χ3v) is 6.69. The van der Waals surface area contributed by atoms with Crippen LogP contribution in [0.15, 0.2) is 47.2 Å². The van der Waals surface area contributed by atoms with Crippen LogP contribution < -0.4 is 10.5 Å². The molecule has 144 valence electrons. The number of thiophene rings is 2. The molecule has 9 heteroatoms. The Hall–Kier alpha value is -2.33. The van der Waals surface area contributed by atoms with Crippen molar-refractivity contribution in [3.63, 3.8) is 0 Å². The monoisotopic (exact) mass is 430 g/mol. The van der Waals surface area contributed by atoms with Crippen LogP contribution >= 0.6 is 22.7 Å². The van der Waals surface area contributed by atoms with Gasteiger partial charge in [-0.1, -0.05) is 30.3 Å². The first kappa shape index (κ1) is 19.0. The van der Waals surface area contributed by atoms with Gasteiger partial charge in [-0.15, -0.1) is 22.7 Å². The summed E-state index contributed by atoms with van der Waals surface area (Å²) in [6, 6.07) is 11.5. The molecule has 0 saturated carbocycles. The smallest absolute Gasteiger partial charge is 0.213 e. The van der Waals surface area contributed by atoms with Crippen LogP contribution in [0.4, 0.5) is 5.82 Å². The fraction of sp³-hybridized carbons (Fsp3) is 0.158. The van der Waals surface area contributed by atoms with Gasteiger partial charge in [-0.2, -0.15) is 0 Å². The van der Waals surface area contributed by atoms with Gasteiger partial charge in [-0.05, 0) is 29.5 Å². The molecular formula is C19H18N4O2S3. The molecule has 0 unspecified atom stereocenters. The normalized spacial score (nSPS) is 11.8. The van der Waals surface area contributed by atoms with Gasteiger partial charge < -0.3 is 5.32 Å². The highest BCUT2D eigenvalue weighted by Crippen LogP contribution is 2.38. The van der Waals surface area contributed by atoms with E-state index in [-0.39, 0.29) is 5.75 Å². The standard InChI is InChI=1S/C19H18N4O2S3/c1-12-22-18(17-15(10-27-19(17)23-12)16-3-2-8-26-16)21-9-13-4-6-14(7-5-13)11-28(20,24)25/h2-8,10H,9,11H2,1H3,(H2,20,24,25)(H,21,22,23). The summed E-state index contributed by atoms with van der Waals surface area (Å²) in [5, 5.41) is 13.7. The lowest BCUT2D eigenvalue weighted by Gasteiger charge is -2.10. The van der Waals surface area contributed by atoms with Gasteiger partial charge in [0.1, 0.15) is 16.5 Å². The maximum atomic E-state index is 11.2. The van der Waals surface area contributed by atoms with E-state index in [2.05, 4.69) is 32.1 Å². The van der Waals surface area contributed by atoms with Crippen LogP contribution in [0, 0.1) is 6.92 Å². The van der Waals surface area contributed by atoms with E-state index in [1.807, 2.05) is 25.1 Å². The first-order chi connectivity index (χ1) is 13.4. The Morgan fingerprint density at radius 1 is 1.07 bits per heavy atom. The minimum absolute atomic E-state index is 0.161. The molecule has 0 spiro atoms. The van der Waals surface area contributed by atoms with Crippen molar-refractivity contribution in [2.75, 3.05) is 5.32 Å². The maximum Gasteiger partial charge on any atom is 0.213 e. The Labute approximate surface area is 171 Å². The molecule has 3 N–H and O–H groups in total. The first-order valence-electron chi connectivity index (χ1n) is 8.51. The molecule has 3 heterocycles. The predicted molar refractivity (Wildman–Crippen MR) is 116 cm³/mol. The van der Waals surface area contributed by atoms with Gasteiger partial charge in [0, 0.05) is 22.4 Å². The molecule has 0 radical (unpaired) electrons. The third kappa shape index (κ3) is 4.22. The second kappa shape index (κ2) is 7.59. The predicted octanol–water partition coefficient (Wildman–Crippen LogP) is 4.13. The van der Waals surface area contributed by atoms with Crippen molar-refractivity contribution in [3.8, 4) is 10.4 Å². The second-order valence-corrected chi connectivity index (χ2v) is 9.82. The fourth-order valence-corrected chi connectivity index (χ4v) is 5.43. The van der Waals surface area contributed by atoms with Crippen molar-refractivity contribution in [2.24, 2.45) is 5.14 Å². The van der Waals surface area contributed by atoms with Crippen LogP contribution in [-0.2, 0) is 22.3 Å². The molecule has 4 rings (SSSR count). The summed E-state index contributed by atoms with van der Waals surface area (Å²) < 4.78 is 22.4. The van der Waals surface area contributed by atoms with E-state index in [1.165, 1.54) is 4.88 Å². The number of aromatic nitrogens is 2. The van der Waals surface area contributed by atoms with Crippen molar-refractivity contribution in [3.05, 3.63) is 64.1 Å². The first-order valence-corrected chi connectivity index (χ1v) is 12.0. The molecule has 4 aromatic rings. The van der Waals surface area contributed by atoms with Gasteiger partial charge in [-0.3, -0.25) is 0 Å². The number of rotatable bonds is 6. The van der Waals surface area contributed by atoms with E-state index in [1.54, 1.807) is 34.8 Å². The van der Waals surface area contributed by atoms with E-state index in [0.717, 1.165) is 33.0 Å². The summed E-state index contributed by atoms with van der Waals surface area (Å²) in [5.41, 5.74) is 2.83. The van der Waals surface area contributed by atoms with Crippen molar-refractivity contribution in [1.82, 2.24) is 9.97 Å². The Kier molecular flexibility index (Phi) is 5.15. The number of primary sulfonamides is 1. The van der Waals surface area contributed by atoms with Crippen LogP contribution in [0.3, 0.4) is 0 Å². The highest BCUT2D eigenvalue weighted by Gasteiger charge is 2.15. The molecule has 3 aromatic heterocycles. The minimum Gasteiger partial charge on any atom is -0.365 e. The van der Waals surface area contributed by atoms with Crippen LogP contribution in [0.2, 0.25) is 0 Å². The molecule has 0 aliphatic carbocycles. The summed E-state index contributed by atoms with van der Waals surface area (Å²) in [4.78, 5) is 11.3. The van der Waals surface area contributed by atoms with E-state index in [0.29, 0.717) is 12.1 Å². The second-order valence-electron chi connectivity index (χ2n) is 6.40. The maximum absolute atomic E-state index is 11.2. The summed E-state index contributed by atoms with van der Waals surface area (Å²) in [7, 11) is -3.52. The molecule has 0 amide bonds. The average molecular weight is 431 g/mol. The molecule has 0 atom stereocenters. The van der Waals surface area contributed by atoms with E-state index >= 15 is 0 Å². The number of hydrogen-bond donors (Lipinski definition) is 2. The van der Waals surface area contributed by atoms with Gasteiger partial charge in [0.2, 0.25) is 10.0 Å². The number of nitrogens with one attached hydrogen (secondary N) is 1. The zero-order valence-electron chi connectivity index (χ0n) is 15.0. The lowest BCUT2D eigenvalue weighted by atomic mass is 10.1. The van der Waals surface area contributed by atoms with Gasteiger partial charge in [0.05, 0.1) is 11.1 Å². The minimum atomic E-state index is -3.52. The number of nitrogens with zero attached hydrogens (tertiary/aromatic N) is 2. The van der Waals surface area contributed by atoms with Crippen LogP contribution in [-0.4, -0.2) is 18.4 Å². The number of aryl methyl sites for hydroxylation is 1. The molecule has 0 aliphatic rings. The van der Waals surface area contributed by atoms with E-state index in [9.17, 15) is 8.42 Å². The molecule has 28 heavy (non-hydrogen) atoms. The van der Waals surface area contributed by atoms with Crippen molar-refractivity contribution in [1.29, 1.82) is 0 Å². The van der Waals surface area contributed by atoms with Crippen LogP contribution in [0.1, 0.15) is 17.0 Å². The Morgan fingerprint density at radius 3 is 2.50 bits per heavy atom. The quantitative estimate of drug-likeness (QED) is 0.479. The zero-order chi connectivity index (χ0) is 19.7. The number of sulfonamides is 1. The van der Waals surface area contributed by atoms with Gasteiger partial charge in [-0.25, -0.2) is 23.5 Å². The molecule has 0 bridgehead atoms. The third-order valence-electron chi connectivity index (χ3n) is 4.18. The number of anilines is 1. The SMILES string of the molecule is Cc1nc(NCc2ccc(CS(N)(=O)=O)cc2)c2c(-c3cccs3)csc2n1. The van der Waals surface area contributed by atoms with Gasteiger partial charge in [0.25, 0.3) is 0 Å². The lowest BCUT2D eigenvalue weighted by molar-refractivity contribution is 0.597. The lowest BCUT2D eigenvalue weighted by Crippen LogP contribution is -2.14. The van der Waals surface area contributed by atoms with Crippen molar-refractivity contribution in [2.45, 2.75) is 19.2 Å². The number of hydrogen-bond acceptors (Lipinski definition) is 7. The highest BCUT2D eigenvalue weighted by molar-refractivity contribution is 7.88. The number of benzene rings is 1. The van der Waals surface area contributed by atoms with E-state index in [4.69, 9.17) is 5.14 Å². The fourth-order valence-electron chi connectivity index (χ4n) is 2.96. The van der Waals surface area contributed by atoms with Crippen LogP contribution in [0.5, 0.6) is 0 Å². The summed E-state index contributed by atoms with van der Waals surface area (Å²) >= 11 is 3.31. The molecule has 0 aliphatic heterocycles. The summed E-state index contributed by atoms with van der Waals surface area (Å²) in [6.07, 6.45) is 0. The number of nitrogens with two attached hydrogens (primary N) is 1. The largest absolute Gasteiger partial charge is 0.365 e. The molecular weight excluding hydrogens is 412 g/mol. The van der Waals surface area contributed by atoms with Crippen molar-refractivity contribution >= 4 is 48.7 Å². The Balaban J connectivity index is 1.60. The average Bonchev–Trinajstić information content (AvgIpc) is 3.28. The molecule has 1 aromatic carbocycles. The molecule has 6 nitrogen and oxygen atoms in total. The topological polar surface area (TPSA) is 98.0 Å². The van der Waals surface area contributed by atoms with Gasteiger partial charge in [0.15, 0.2) is 0 Å².